The van der Waals surface area contributed by atoms with Gasteiger partial charge < -0.3 is 5.32 Å². The van der Waals surface area contributed by atoms with Gasteiger partial charge in [-0.2, -0.15) is 0 Å². The van der Waals surface area contributed by atoms with Gasteiger partial charge in [0.05, 0.1) is 5.69 Å². The molecule has 0 spiro atoms. The number of hydrogen-bond donors (Lipinski definition) is 1. The van der Waals surface area contributed by atoms with E-state index in [-0.39, 0.29) is 5.91 Å². The van der Waals surface area contributed by atoms with E-state index < -0.39 is 0 Å². The van der Waals surface area contributed by atoms with E-state index in [1.54, 1.807) is 24.3 Å². The van der Waals surface area contributed by atoms with Crippen molar-refractivity contribution in [3.05, 3.63) is 66.0 Å². The third-order valence-corrected chi connectivity index (χ3v) is 3.57. The lowest BCUT2D eigenvalue weighted by atomic mass is 10.0. The molecule has 0 aliphatic carbocycles. The van der Waals surface area contributed by atoms with Crippen molar-refractivity contribution in [3.63, 3.8) is 0 Å². The molecule has 1 heterocycles. The van der Waals surface area contributed by atoms with Crippen molar-refractivity contribution < 1.29 is 4.79 Å². The van der Waals surface area contributed by atoms with Gasteiger partial charge in [-0.15, -0.1) is 5.10 Å². The van der Waals surface area contributed by atoms with Gasteiger partial charge in [-0.05, 0) is 52.2 Å². The minimum atomic E-state index is -0.138. The molecule has 1 aromatic heterocycles. The summed E-state index contributed by atoms with van der Waals surface area (Å²) in [6, 6.07) is 15.0. The van der Waals surface area contributed by atoms with Gasteiger partial charge in [-0.25, -0.2) is 4.68 Å². The predicted molar refractivity (Wildman–Crippen MR) is 87.6 cm³/mol. The summed E-state index contributed by atoms with van der Waals surface area (Å²) in [6.07, 6.45) is 1.51. The average Bonchev–Trinajstić information content (AvgIpc) is 3.10. The Hall–Kier alpha value is -3.02. The molecule has 1 N–H and O–H groups in total. The Bertz CT molecular complexity index is 794. The van der Waals surface area contributed by atoms with Gasteiger partial charge in [0.2, 0.25) is 0 Å². The summed E-state index contributed by atoms with van der Waals surface area (Å²) in [5, 5.41) is 14.0. The zero-order valence-corrected chi connectivity index (χ0v) is 13.0. The molecule has 0 fully saturated rings. The van der Waals surface area contributed by atoms with Gasteiger partial charge in [0.25, 0.3) is 5.91 Å². The van der Waals surface area contributed by atoms with E-state index in [2.05, 4.69) is 34.7 Å². The number of carbonyl (C=O) groups excluding carboxylic acids is 1. The predicted octanol–water partition coefficient (Wildman–Crippen LogP) is 3.04. The lowest BCUT2D eigenvalue weighted by Gasteiger charge is -2.13. The van der Waals surface area contributed by atoms with Gasteiger partial charge in [0.1, 0.15) is 6.33 Å². The molecule has 6 nitrogen and oxygen atoms in total. The largest absolute Gasteiger partial charge is 0.322 e. The number of benzene rings is 2. The van der Waals surface area contributed by atoms with Crippen LogP contribution in [0.25, 0.3) is 5.69 Å². The van der Waals surface area contributed by atoms with Crippen LogP contribution in [-0.4, -0.2) is 26.1 Å². The standard InChI is InChI=1S/C17H17N5O/c1-12(2)15-5-3-4-6-16(15)19-17(23)13-7-9-14(10-8-13)22-11-18-20-21-22/h3-12H,1-2H3,(H,19,23). The van der Waals surface area contributed by atoms with E-state index >= 15 is 0 Å². The number of tetrazole rings is 1. The van der Waals surface area contributed by atoms with E-state index in [4.69, 9.17) is 0 Å². The Labute approximate surface area is 134 Å². The molecule has 0 bridgehead atoms. The highest BCUT2D eigenvalue weighted by atomic mass is 16.1. The second-order valence-corrected chi connectivity index (χ2v) is 5.50. The third-order valence-electron chi connectivity index (χ3n) is 3.57. The van der Waals surface area contributed by atoms with Crippen LogP contribution >= 0.6 is 0 Å². The third kappa shape index (κ3) is 3.26. The summed E-state index contributed by atoms with van der Waals surface area (Å²) in [4.78, 5) is 12.4. The fourth-order valence-electron chi connectivity index (χ4n) is 2.35. The van der Waals surface area contributed by atoms with Crippen LogP contribution in [0.3, 0.4) is 0 Å². The molecule has 116 valence electrons. The molecule has 0 atom stereocenters. The first-order chi connectivity index (χ1) is 11.1. The monoisotopic (exact) mass is 307 g/mol. The first kappa shape index (κ1) is 14.9. The number of aromatic nitrogens is 4. The second kappa shape index (κ2) is 6.39. The van der Waals surface area contributed by atoms with Crippen LogP contribution in [0.2, 0.25) is 0 Å². The van der Waals surface area contributed by atoms with Gasteiger partial charge in [0, 0.05) is 11.3 Å². The molecule has 2 aromatic carbocycles. The van der Waals surface area contributed by atoms with Gasteiger partial charge in [-0.1, -0.05) is 32.0 Å². The van der Waals surface area contributed by atoms with Crippen LogP contribution in [0.15, 0.2) is 54.9 Å². The molecule has 0 aliphatic heterocycles. The Balaban J connectivity index is 1.79. The first-order valence-corrected chi connectivity index (χ1v) is 7.39. The van der Waals surface area contributed by atoms with Crippen molar-refractivity contribution in [2.75, 3.05) is 5.32 Å². The Morgan fingerprint density at radius 1 is 1.09 bits per heavy atom. The maximum Gasteiger partial charge on any atom is 0.255 e. The fraction of sp³-hybridized carbons (Fsp3) is 0.176. The van der Waals surface area contributed by atoms with Gasteiger partial charge in [0.15, 0.2) is 0 Å². The lowest BCUT2D eigenvalue weighted by Crippen LogP contribution is -2.13. The van der Waals surface area contributed by atoms with Crippen molar-refractivity contribution in [1.82, 2.24) is 20.2 Å². The summed E-state index contributed by atoms with van der Waals surface area (Å²) >= 11 is 0. The van der Waals surface area contributed by atoms with E-state index in [1.807, 2.05) is 24.3 Å². The van der Waals surface area contributed by atoms with E-state index in [0.717, 1.165) is 16.9 Å². The smallest absolute Gasteiger partial charge is 0.255 e. The van der Waals surface area contributed by atoms with Crippen LogP contribution in [0.4, 0.5) is 5.69 Å². The van der Waals surface area contributed by atoms with Crippen LogP contribution in [-0.2, 0) is 0 Å². The number of nitrogens with zero attached hydrogens (tertiary/aromatic N) is 4. The molecule has 3 rings (SSSR count). The molecular weight excluding hydrogens is 290 g/mol. The maximum absolute atomic E-state index is 12.4. The second-order valence-electron chi connectivity index (χ2n) is 5.50. The van der Waals surface area contributed by atoms with E-state index in [9.17, 15) is 4.79 Å². The number of hydrogen-bond acceptors (Lipinski definition) is 4. The molecular formula is C17H17N5O. The highest BCUT2D eigenvalue weighted by Crippen LogP contribution is 2.24. The van der Waals surface area contributed by atoms with Crippen molar-refractivity contribution in [3.8, 4) is 5.69 Å². The number of carbonyl (C=O) groups is 1. The minimum absolute atomic E-state index is 0.138. The van der Waals surface area contributed by atoms with E-state index in [0.29, 0.717) is 11.5 Å². The number of para-hydroxylation sites is 1. The molecule has 3 aromatic rings. The molecule has 6 heteroatoms. The zero-order chi connectivity index (χ0) is 16.2. The van der Waals surface area contributed by atoms with Gasteiger partial charge in [-0.3, -0.25) is 4.79 Å². The van der Waals surface area contributed by atoms with Crippen molar-refractivity contribution in [1.29, 1.82) is 0 Å². The van der Waals surface area contributed by atoms with Crippen LogP contribution < -0.4 is 5.32 Å². The van der Waals surface area contributed by atoms with E-state index in [1.165, 1.54) is 11.0 Å². The number of rotatable bonds is 4. The molecule has 1 amide bonds. The fourth-order valence-corrected chi connectivity index (χ4v) is 2.35. The minimum Gasteiger partial charge on any atom is -0.322 e. The van der Waals surface area contributed by atoms with Crippen molar-refractivity contribution in [2.45, 2.75) is 19.8 Å². The summed E-state index contributed by atoms with van der Waals surface area (Å²) in [6.45, 7) is 4.21. The van der Waals surface area contributed by atoms with Crippen LogP contribution in [0, 0.1) is 0 Å². The summed E-state index contributed by atoms with van der Waals surface area (Å²) in [7, 11) is 0. The van der Waals surface area contributed by atoms with Crippen LogP contribution in [0.1, 0.15) is 35.7 Å². The number of nitrogens with one attached hydrogen (secondary N) is 1. The van der Waals surface area contributed by atoms with Gasteiger partial charge >= 0.3 is 0 Å². The maximum atomic E-state index is 12.4. The highest BCUT2D eigenvalue weighted by molar-refractivity contribution is 6.04. The molecule has 23 heavy (non-hydrogen) atoms. The highest BCUT2D eigenvalue weighted by Gasteiger charge is 2.11. The topological polar surface area (TPSA) is 72.7 Å². The molecule has 0 radical (unpaired) electrons. The molecule has 0 aliphatic rings. The molecule has 0 unspecified atom stereocenters. The first-order valence-electron chi connectivity index (χ1n) is 7.39. The van der Waals surface area contributed by atoms with Crippen molar-refractivity contribution in [2.24, 2.45) is 0 Å². The SMILES string of the molecule is CC(C)c1ccccc1NC(=O)c1ccc(-n2cnnn2)cc1. The Kier molecular flexibility index (Phi) is 4.14. The van der Waals surface area contributed by atoms with Crippen molar-refractivity contribution >= 4 is 11.6 Å². The Morgan fingerprint density at radius 2 is 1.83 bits per heavy atom. The Morgan fingerprint density at radius 3 is 2.48 bits per heavy atom. The van der Waals surface area contributed by atoms with Crippen LogP contribution in [0.5, 0.6) is 0 Å². The normalized spacial score (nSPS) is 10.7. The molecule has 0 saturated heterocycles. The summed E-state index contributed by atoms with van der Waals surface area (Å²) in [5.74, 6) is 0.204. The summed E-state index contributed by atoms with van der Waals surface area (Å²) < 4.78 is 1.54. The summed E-state index contributed by atoms with van der Waals surface area (Å²) in [5.41, 5.74) is 3.35. The lowest BCUT2D eigenvalue weighted by molar-refractivity contribution is 0.102. The average molecular weight is 307 g/mol. The molecule has 0 saturated carbocycles. The number of anilines is 1. The quantitative estimate of drug-likeness (QED) is 0.804. The zero-order valence-electron chi connectivity index (χ0n) is 13.0. The number of amides is 1.